The van der Waals surface area contributed by atoms with E-state index in [2.05, 4.69) is 48.2 Å². The largest absolute Gasteiger partial charge is 0.347 e. The Bertz CT molecular complexity index is 1740. The van der Waals surface area contributed by atoms with E-state index in [9.17, 15) is 4.79 Å². The summed E-state index contributed by atoms with van der Waals surface area (Å²) in [4.78, 5) is 35.8. The van der Waals surface area contributed by atoms with Crippen molar-refractivity contribution in [2.45, 2.75) is 39.0 Å². The van der Waals surface area contributed by atoms with Crippen molar-refractivity contribution in [1.82, 2.24) is 30.1 Å². The summed E-state index contributed by atoms with van der Waals surface area (Å²) in [7, 11) is 1.94. The number of rotatable bonds is 7. The Balaban J connectivity index is 1.32. The van der Waals surface area contributed by atoms with Crippen LogP contribution in [0.15, 0.2) is 65.8 Å². The SMILES string of the molecule is C=N/C(C)=C\N(C)c1ccnc2nc(-c3n[nH]c4ccc(-c5cncc(NC(=O)C6CCCCC6)c5)cc34)[nH]c12. The molecule has 0 aliphatic heterocycles. The Morgan fingerprint density at radius 1 is 1.15 bits per heavy atom. The van der Waals surface area contributed by atoms with E-state index in [0.717, 1.165) is 64.6 Å². The Morgan fingerprint density at radius 3 is 2.83 bits per heavy atom. The molecule has 6 rings (SSSR count). The zero-order valence-electron chi connectivity index (χ0n) is 22.6. The van der Waals surface area contributed by atoms with Gasteiger partial charge in [-0.1, -0.05) is 25.3 Å². The first-order chi connectivity index (χ1) is 19.5. The highest BCUT2D eigenvalue weighted by molar-refractivity contribution is 5.97. The van der Waals surface area contributed by atoms with Crippen molar-refractivity contribution >= 4 is 46.1 Å². The number of benzene rings is 1. The second-order valence-electron chi connectivity index (χ2n) is 10.3. The maximum Gasteiger partial charge on any atom is 0.227 e. The number of carbonyl (C=O) groups is 1. The van der Waals surface area contributed by atoms with E-state index >= 15 is 0 Å². The number of pyridine rings is 2. The van der Waals surface area contributed by atoms with Crippen LogP contribution < -0.4 is 10.2 Å². The fourth-order valence-electron chi connectivity index (χ4n) is 5.34. The van der Waals surface area contributed by atoms with E-state index in [1.54, 1.807) is 18.6 Å². The van der Waals surface area contributed by atoms with E-state index in [-0.39, 0.29) is 11.8 Å². The maximum absolute atomic E-state index is 12.8. The summed E-state index contributed by atoms with van der Waals surface area (Å²) in [6, 6.07) is 9.96. The van der Waals surface area contributed by atoms with E-state index < -0.39 is 0 Å². The molecule has 202 valence electrons. The summed E-state index contributed by atoms with van der Waals surface area (Å²) in [5.41, 5.74) is 7.24. The van der Waals surface area contributed by atoms with Gasteiger partial charge in [0.15, 0.2) is 11.5 Å². The van der Waals surface area contributed by atoms with Gasteiger partial charge < -0.3 is 15.2 Å². The van der Waals surface area contributed by atoms with Crippen molar-refractivity contribution in [2.24, 2.45) is 10.9 Å². The highest BCUT2D eigenvalue weighted by Crippen LogP contribution is 2.33. The maximum atomic E-state index is 12.8. The van der Waals surface area contributed by atoms with E-state index in [1.165, 1.54) is 6.42 Å². The molecule has 1 aliphatic rings. The number of aromatic amines is 2. The van der Waals surface area contributed by atoms with Gasteiger partial charge in [0.1, 0.15) is 11.2 Å². The van der Waals surface area contributed by atoms with Crippen molar-refractivity contribution in [2.75, 3.05) is 17.3 Å². The minimum absolute atomic E-state index is 0.0829. The van der Waals surface area contributed by atoms with Crippen molar-refractivity contribution in [3.05, 3.63) is 60.8 Å². The van der Waals surface area contributed by atoms with Crippen molar-refractivity contribution < 1.29 is 4.79 Å². The summed E-state index contributed by atoms with van der Waals surface area (Å²) in [6.45, 7) is 5.48. The molecular formula is C30H31N9O. The number of nitrogens with one attached hydrogen (secondary N) is 3. The number of carbonyl (C=O) groups excluding carboxylic acids is 1. The van der Waals surface area contributed by atoms with E-state index in [1.807, 2.05) is 49.3 Å². The number of imidazole rings is 1. The summed E-state index contributed by atoms with van der Waals surface area (Å²) in [5.74, 6) is 0.779. The molecular weight excluding hydrogens is 502 g/mol. The van der Waals surface area contributed by atoms with Gasteiger partial charge in [-0.15, -0.1) is 0 Å². The Kier molecular flexibility index (Phi) is 6.81. The molecule has 0 unspecified atom stereocenters. The molecule has 40 heavy (non-hydrogen) atoms. The Labute approximate surface area is 231 Å². The monoisotopic (exact) mass is 533 g/mol. The Morgan fingerprint density at radius 2 is 2.00 bits per heavy atom. The molecule has 0 bridgehead atoms. The van der Waals surface area contributed by atoms with Gasteiger partial charge in [0, 0.05) is 42.5 Å². The van der Waals surface area contributed by atoms with Crippen LogP contribution in [0, 0.1) is 5.92 Å². The third-order valence-corrected chi connectivity index (χ3v) is 7.48. The topological polar surface area (TPSA) is 128 Å². The number of anilines is 2. The van der Waals surface area contributed by atoms with Gasteiger partial charge in [-0.25, -0.2) is 9.97 Å². The molecule has 1 amide bonds. The number of aromatic nitrogens is 6. The lowest BCUT2D eigenvalue weighted by Crippen LogP contribution is -2.24. The fraction of sp³-hybridized carbons (Fsp3) is 0.267. The highest BCUT2D eigenvalue weighted by atomic mass is 16.1. The second-order valence-corrected chi connectivity index (χ2v) is 10.3. The number of nitrogens with zero attached hydrogens (tertiary/aromatic N) is 6. The lowest BCUT2D eigenvalue weighted by molar-refractivity contribution is -0.120. The van der Waals surface area contributed by atoms with Crippen LogP contribution >= 0.6 is 0 Å². The predicted molar refractivity (Wildman–Crippen MR) is 159 cm³/mol. The summed E-state index contributed by atoms with van der Waals surface area (Å²) in [6.07, 6.45) is 12.5. The van der Waals surface area contributed by atoms with Gasteiger partial charge in [-0.2, -0.15) is 5.10 Å². The standard InChI is InChI=1S/C30H31N9O/c1-18(31-2)17-39(3)25-11-12-33-28-27(25)35-29(36-28)26-23-14-20(9-10-24(23)37-38-26)21-13-22(16-32-15-21)34-30(40)19-7-5-4-6-8-19/h9-17,19H,2,4-8H2,1,3H3,(H,34,40)(H,37,38)(H,33,35,36)/b18-17-. The van der Waals surface area contributed by atoms with Gasteiger partial charge >= 0.3 is 0 Å². The quantitative estimate of drug-likeness (QED) is 0.218. The van der Waals surface area contributed by atoms with Gasteiger partial charge in [-0.3, -0.25) is 19.9 Å². The zero-order chi connectivity index (χ0) is 27.6. The third kappa shape index (κ3) is 4.95. The number of aliphatic imine (C=N–C) groups is 1. The molecule has 0 radical (unpaired) electrons. The molecule has 3 N–H and O–H groups in total. The number of hydrogen-bond donors (Lipinski definition) is 3. The van der Waals surface area contributed by atoms with Gasteiger partial charge in [0.25, 0.3) is 0 Å². The third-order valence-electron chi connectivity index (χ3n) is 7.48. The van der Waals surface area contributed by atoms with Gasteiger partial charge in [-0.05, 0) is 56.3 Å². The van der Waals surface area contributed by atoms with Crippen LogP contribution in [-0.4, -0.2) is 49.8 Å². The first kappa shape index (κ1) is 25.4. The fourth-order valence-corrected chi connectivity index (χ4v) is 5.34. The minimum atomic E-state index is 0.0829. The second kappa shape index (κ2) is 10.7. The molecule has 0 atom stereocenters. The Hall–Kier alpha value is -4.86. The van der Waals surface area contributed by atoms with Crippen LogP contribution in [0.4, 0.5) is 11.4 Å². The number of fused-ring (bicyclic) bond motifs is 2. The summed E-state index contributed by atoms with van der Waals surface area (Å²) >= 11 is 0. The molecule has 0 spiro atoms. The summed E-state index contributed by atoms with van der Waals surface area (Å²) < 4.78 is 0. The first-order valence-electron chi connectivity index (χ1n) is 13.5. The molecule has 10 heteroatoms. The number of amides is 1. The molecule has 4 heterocycles. The van der Waals surface area contributed by atoms with E-state index in [0.29, 0.717) is 22.9 Å². The normalized spacial score (nSPS) is 14.5. The van der Waals surface area contributed by atoms with Crippen molar-refractivity contribution in [3.63, 3.8) is 0 Å². The molecule has 4 aromatic heterocycles. The van der Waals surface area contributed by atoms with Crippen LogP contribution in [-0.2, 0) is 4.79 Å². The average Bonchev–Trinajstić information content (AvgIpc) is 3.61. The van der Waals surface area contributed by atoms with Crippen LogP contribution in [0.2, 0.25) is 0 Å². The molecule has 10 nitrogen and oxygen atoms in total. The lowest BCUT2D eigenvalue weighted by Gasteiger charge is -2.20. The van der Waals surface area contributed by atoms with Crippen molar-refractivity contribution in [1.29, 1.82) is 0 Å². The van der Waals surface area contributed by atoms with Gasteiger partial charge in [0.2, 0.25) is 5.91 Å². The highest BCUT2D eigenvalue weighted by Gasteiger charge is 2.21. The smallest absolute Gasteiger partial charge is 0.227 e. The molecule has 1 aliphatic carbocycles. The number of hydrogen-bond acceptors (Lipinski definition) is 7. The lowest BCUT2D eigenvalue weighted by atomic mass is 9.88. The summed E-state index contributed by atoms with van der Waals surface area (Å²) in [5, 5.41) is 11.7. The average molecular weight is 534 g/mol. The van der Waals surface area contributed by atoms with Crippen LogP contribution in [0.1, 0.15) is 39.0 Å². The molecule has 0 saturated heterocycles. The predicted octanol–water partition coefficient (Wildman–Crippen LogP) is 6.08. The van der Waals surface area contributed by atoms with Crippen molar-refractivity contribution in [3.8, 4) is 22.6 Å². The van der Waals surface area contributed by atoms with Crippen LogP contribution in [0.5, 0.6) is 0 Å². The first-order valence-corrected chi connectivity index (χ1v) is 13.5. The van der Waals surface area contributed by atoms with Gasteiger partial charge in [0.05, 0.1) is 28.8 Å². The van der Waals surface area contributed by atoms with Crippen LogP contribution in [0.25, 0.3) is 44.7 Å². The number of allylic oxidation sites excluding steroid dienone is 1. The zero-order valence-corrected chi connectivity index (χ0v) is 22.6. The molecule has 1 saturated carbocycles. The molecule has 5 aromatic rings. The molecule has 1 aromatic carbocycles. The minimum Gasteiger partial charge on any atom is -0.347 e. The van der Waals surface area contributed by atoms with E-state index in [4.69, 9.17) is 4.98 Å². The molecule has 1 fully saturated rings. The number of H-pyrrole nitrogens is 2. The van der Waals surface area contributed by atoms with Crippen LogP contribution in [0.3, 0.4) is 0 Å².